The summed E-state index contributed by atoms with van der Waals surface area (Å²) in [4.78, 5) is 14.7. The molecule has 2 aromatic heterocycles. The van der Waals surface area contributed by atoms with Crippen LogP contribution in [0.5, 0.6) is 0 Å². The van der Waals surface area contributed by atoms with Gasteiger partial charge in [-0.3, -0.25) is 9.69 Å². The van der Waals surface area contributed by atoms with Crippen molar-refractivity contribution in [3.63, 3.8) is 0 Å². The lowest BCUT2D eigenvalue weighted by Gasteiger charge is -2.11. The zero-order valence-electron chi connectivity index (χ0n) is 13.3. The Balaban J connectivity index is 1.56. The molecule has 1 saturated heterocycles. The smallest absolute Gasteiger partial charge is 0.266 e. The van der Waals surface area contributed by atoms with Crippen LogP contribution in [0.25, 0.3) is 17.4 Å². The third-order valence-corrected chi connectivity index (χ3v) is 5.51. The molecule has 0 atom stereocenters. The van der Waals surface area contributed by atoms with E-state index in [4.69, 9.17) is 32.7 Å². The van der Waals surface area contributed by atoms with Gasteiger partial charge in [0, 0.05) is 11.6 Å². The van der Waals surface area contributed by atoms with E-state index in [1.54, 1.807) is 30.5 Å². The van der Waals surface area contributed by atoms with Crippen molar-refractivity contribution in [3.8, 4) is 11.3 Å². The van der Waals surface area contributed by atoms with E-state index in [9.17, 15) is 4.79 Å². The third kappa shape index (κ3) is 3.35. The molecule has 4 rings (SSSR count). The van der Waals surface area contributed by atoms with E-state index in [-0.39, 0.29) is 5.91 Å². The lowest BCUT2D eigenvalue weighted by molar-refractivity contribution is -0.122. The number of carbonyl (C=O) groups is 1. The Morgan fingerprint density at radius 2 is 2.00 bits per heavy atom. The first kappa shape index (κ1) is 17.1. The predicted octanol–water partition coefficient (Wildman–Crippen LogP) is 5.59. The molecule has 0 unspecified atom stereocenters. The van der Waals surface area contributed by atoms with Crippen molar-refractivity contribution in [1.29, 1.82) is 0 Å². The average Bonchev–Trinajstić information content (AvgIpc) is 3.35. The highest BCUT2D eigenvalue weighted by molar-refractivity contribution is 8.26. The van der Waals surface area contributed by atoms with Crippen LogP contribution in [0.2, 0.25) is 5.02 Å². The van der Waals surface area contributed by atoms with Gasteiger partial charge in [-0.25, -0.2) is 0 Å². The SMILES string of the molecule is O=C1/C(=C/c2ccc(-c3ccccc3Cl)o2)SC(=S)N1Cc1ccco1. The summed E-state index contributed by atoms with van der Waals surface area (Å²) in [6.07, 6.45) is 3.27. The van der Waals surface area contributed by atoms with Crippen molar-refractivity contribution in [1.82, 2.24) is 4.90 Å². The lowest BCUT2D eigenvalue weighted by Crippen LogP contribution is -2.27. The molecule has 1 aromatic carbocycles. The number of carbonyl (C=O) groups excluding carboxylic acids is 1. The van der Waals surface area contributed by atoms with Gasteiger partial charge < -0.3 is 8.83 Å². The number of nitrogens with zero attached hydrogens (tertiary/aromatic N) is 1. The maximum absolute atomic E-state index is 12.6. The van der Waals surface area contributed by atoms with E-state index in [1.807, 2.05) is 30.3 Å². The number of benzene rings is 1. The van der Waals surface area contributed by atoms with Crippen LogP contribution in [-0.4, -0.2) is 15.1 Å². The summed E-state index contributed by atoms with van der Waals surface area (Å²) in [6, 6.07) is 14.7. The van der Waals surface area contributed by atoms with Gasteiger partial charge >= 0.3 is 0 Å². The standard InChI is InChI=1S/C19H12ClNO3S2/c20-15-6-2-1-5-14(15)16-8-7-12(24-16)10-17-18(22)21(19(25)26-17)11-13-4-3-9-23-13/h1-10H,11H2/b17-10-. The largest absolute Gasteiger partial charge is 0.467 e. The molecule has 1 aliphatic heterocycles. The van der Waals surface area contributed by atoms with Crippen molar-refractivity contribution >= 4 is 51.9 Å². The fraction of sp³-hybridized carbons (Fsp3) is 0.0526. The highest BCUT2D eigenvalue weighted by Gasteiger charge is 2.32. The minimum atomic E-state index is -0.160. The summed E-state index contributed by atoms with van der Waals surface area (Å²) in [6.45, 7) is 0.317. The van der Waals surface area contributed by atoms with Gasteiger partial charge in [0.2, 0.25) is 0 Å². The number of rotatable bonds is 4. The van der Waals surface area contributed by atoms with Crippen LogP contribution in [0.15, 0.2) is 68.5 Å². The van der Waals surface area contributed by atoms with Gasteiger partial charge in [-0.2, -0.15) is 0 Å². The normalized spacial score (nSPS) is 16.0. The van der Waals surface area contributed by atoms with Crippen LogP contribution >= 0.6 is 35.6 Å². The van der Waals surface area contributed by atoms with Gasteiger partial charge in [0.1, 0.15) is 21.6 Å². The molecule has 26 heavy (non-hydrogen) atoms. The average molecular weight is 402 g/mol. The quantitative estimate of drug-likeness (QED) is 0.421. The van der Waals surface area contributed by atoms with Crippen LogP contribution in [-0.2, 0) is 11.3 Å². The maximum Gasteiger partial charge on any atom is 0.266 e. The second-order valence-corrected chi connectivity index (χ2v) is 7.61. The van der Waals surface area contributed by atoms with Gasteiger partial charge in [-0.1, -0.05) is 47.7 Å². The molecule has 0 saturated carbocycles. The summed E-state index contributed by atoms with van der Waals surface area (Å²) in [5, 5.41) is 0.609. The number of furan rings is 2. The fourth-order valence-corrected chi connectivity index (χ4v) is 4.02. The predicted molar refractivity (Wildman–Crippen MR) is 107 cm³/mol. The van der Waals surface area contributed by atoms with Crippen molar-refractivity contribution in [2.45, 2.75) is 6.54 Å². The molecule has 0 bridgehead atoms. The molecule has 3 heterocycles. The molecule has 1 fully saturated rings. The number of thioether (sulfide) groups is 1. The molecule has 1 aliphatic rings. The van der Waals surface area contributed by atoms with Crippen molar-refractivity contribution in [3.05, 3.63) is 76.2 Å². The first-order chi connectivity index (χ1) is 12.6. The monoisotopic (exact) mass is 401 g/mol. The summed E-state index contributed by atoms with van der Waals surface area (Å²) in [7, 11) is 0. The van der Waals surface area contributed by atoms with Crippen LogP contribution in [0, 0.1) is 0 Å². The second kappa shape index (κ2) is 7.15. The van der Waals surface area contributed by atoms with E-state index in [0.29, 0.717) is 38.1 Å². The third-order valence-electron chi connectivity index (χ3n) is 3.81. The number of hydrogen-bond acceptors (Lipinski definition) is 5. The van der Waals surface area contributed by atoms with Crippen molar-refractivity contribution < 1.29 is 13.6 Å². The maximum atomic E-state index is 12.6. The van der Waals surface area contributed by atoms with Gasteiger partial charge in [0.25, 0.3) is 5.91 Å². The van der Waals surface area contributed by atoms with Crippen LogP contribution in [0.3, 0.4) is 0 Å². The summed E-state index contributed by atoms with van der Waals surface area (Å²) in [5.41, 5.74) is 0.805. The van der Waals surface area contributed by atoms with E-state index in [0.717, 1.165) is 5.56 Å². The summed E-state index contributed by atoms with van der Waals surface area (Å²) in [5.74, 6) is 1.74. The van der Waals surface area contributed by atoms with Crippen LogP contribution in [0.4, 0.5) is 0 Å². The highest BCUT2D eigenvalue weighted by Crippen LogP contribution is 2.35. The Hall–Kier alpha value is -2.28. The molecule has 0 radical (unpaired) electrons. The van der Waals surface area contributed by atoms with Gasteiger partial charge in [0.05, 0.1) is 22.7 Å². The Morgan fingerprint density at radius 1 is 1.15 bits per heavy atom. The Morgan fingerprint density at radius 3 is 2.77 bits per heavy atom. The van der Waals surface area contributed by atoms with E-state index in [1.165, 1.54) is 16.7 Å². The molecule has 1 amide bonds. The first-order valence-corrected chi connectivity index (χ1v) is 9.34. The molecule has 3 aromatic rings. The van der Waals surface area contributed by atoms with Crippen molar-refractivity contribution in [2.75, 3.05) is 0 Å². The van der Waals surface area contributed by atoms with Gasteiger partial charge in [0.15, 0.2) is 0 Å². The molecule has 130 valence electrons. The minimum absolute atomic E-state index is 0.160. The molecular formula is C19H12ClNO3S2. The highest BCUT2D eigenvalue weighted by atomic mass is 35.5. The van der Waals surface area contributed by atoms with E-state index >= 15 is 0 Å². The summed E-state index contributed by atoms with van der Waals surface area (Å²) < 4.78 is 11.6. The minimum Gasteiger partial charge on any atom is -0.467 e. The number of thiocarbonyl (C=S) groups is 1. The number of hydrogen-bond donors (Lipinski definition) is 0. The molecule has 0 aliphatic carbocycles. The van der Waals surface area contributed by atoms with Gasteiger partial charge in [-0.05, 0) is 36.4 Å². The topological polar surface area (TPSA) is 46.6 Å². The van der Waals surface area contributed by atoms with Crippen LogP contribution in [0.1, 0.15) is 11.5 Å². The Kier molecular flexibility index (Phi) is 4.72. The Bertz CT molecular complexity index is 1010. The molecule has 0 N–H and O–H groups in total. The van der Waals surface area contributed by atoms with Crippen LogP contribution < -0.4 is 0 Å². The van der Waals surface area contributed by atoms with Gasteiger partial charge in [-0.15, -0.1) is 0 Å². The molecule has 7 heteroatoms. The van der Waals surface area contributed by atoms with E-state index in [2.05, 4.69) is 0 Å². The van der Waals surface area contributed by atoms with E-state index < -0.39 is 0 Å². The Labute approximate surface area is 164 Å². The fourth-order valence-electron chi connectivity index (χ4n) is 2.56. The second-order valence-electron chi connectivity index (χ2n) is 5.53. The summed E-state index contributed by atoms with van der Waals surface area (Å²) >= 11 is 12.8. The molecule has 0 spiro atoms. The number of halogens is 1. The number of amides is 1. The lowest BCUT2D eigenvalue weighted by atomic mass is 10.2. The zero-order valence-corrected chi connectivity index (χ0v) is 15.7. The van der Waals surface area contributed by atoms with Crippen molar-refractivity contribution in [2.24, 2.45) is 0 Å². The molecule has 4 nitrogen and oxygen atoms in total. The zero-order chi connectivity index (χ0) is 18.1. The molecular weight excluding hydrogens is 390 g/mol. The first-order valence-electron chi connectivity index (χ1n) is 7.74.